The highest BCUT2D eigenvalue weighted by Gasteiger charge is 2.22. The molecule has 2 rings (SSSR count). The molecule has 0 radical (unpaired) electrons. The number of aromatic nitrogens is 2. The van der Waals surface area contributed by atoms with E-state index in [2.05, 4.69) is 55.3 Å². The summed E-state index contributed by atoms with van der Waals surface area (Å²) in [5.74, 6) is 1.55. The van der Waals surface area contributed by atoms with Crippen LogP contribution in [-0.4, -0.2) is 59.4 Å². The van der Waals surface area contributed by atoms with Crippen molar-refractivity contribution in [2.75, 3.05) is 32.7 Å². The third-order valence-electron chi connectivity index (χ3n) is 5.99. The van der Waals surface area contributed by atoms with Crippen LogP contribution in [-0.2, 0) is 13.5 Å². The minimum absolute atomic E-state index is 0. The Balaban J connectivity index is 0.00000420. The van der Waals surface area contributed by atoms with Crippen molar-refractivity contribution in [1.29, 1.82) is 0 Å². The molecular weight excluding hydrogens is 475 g/mol. The lowest BCUT2D eigenvalue weighted by Gasteiger charge is -2.32. The number of halogens is 1. The molecule has 0 bridgehead atoms. The molecule has 1 aliphatic rings. The second-order valence-electron chi connectivity index (χ2n) is 8.43. The largest absolute Gasteiger partial charge is 0.357 e. The highest BCUT2D eigenvalue weighted by Crippen LogP contribution is 2.18. The Morgan fingerprint density at radius 3 is 2.28 bits per heavy atom. The van der Waals surface area contributed by atoms with E-state index in [1.807, 2.05) is 11.7 Å². The molecule has 29 heavy (non-hydrogen) atoms. The molecule has 1 saturated heterocycles. The van der Waals surface area contributed by atoms with Crippen LogP contribution in [0, 0.1) is 19.8 Å². The molecule has 0 aliphatic carbocycles. The SMILES string of the molecule is CCNC(=NCC(C(C)C)N1CCCCCC1)NCCc1c(C)nn(C)c1C.I. The maximum Gasteiger partial charge on any atom is 0.191 e. The molecular formula is C22H43IN6. The molecule has 1 fully saturated rings. The van der Waals surface area contributed by atoms with Crippen molar-refractivity contribution in [2.24, 2.45) is 18.0 Å². The molecule has 2 heterocycles. The Kier molecular flexibility index (Phi) is 12.2. The van der Waals surface area contributed by atoms with Gasteiger partial charge in [0.2, 0.25) is 0 Å². The fourth-order valence-electron chi connectivity index (χ4n) is 4.19. The summed E-state index contributed by atoms with van der Waals surface area (Å²) >= 11 is 0. The first-order valence-corrected chi connectivity index (χ1v) is 11.2. The van der Waals surface area contributed by atoms with Gasteiger partial charge in [-0.3, -0.25) is 14.6 Å². The minimum atomic E-state index is 0. The van der Waals surface area contributed by atoms with E-state index in [1.165, 1.54) is 50.0 Å². The van der Waals surface area contributed by atoms with Crippen molar-refractivity contribution in [3.63, 3.8) is 0 Å². The predicted octanol–water partition coefficient (Wildman–Crippen LogP) is 3.65. The Hall–Kier alpha value is -0.830. The minimum Gasteiger partial charge on any atom is -0.357 e. The zero-order valence-electron chi connectivity index (χ0n) is 19.4. The van der Waals surface area contributed by atoms with Gasteiger partial charge < -0.3 is 10.6 Å². The first-order valence-electron chi connectivity index (χ1n) is 11.2. The average Bonchev–Trinajstić information content (AvgIpc) is 2.85. The summed E-state index contributed by atoms with van der Waals surface area (Å²) in [5.41, 5.74) is 3.72. The second kappa shape index (κ2) is 13.5. The molecule has 1 aromatic heterocycles. The van der Waals surface area contributed by atoms with Crippen LogP contribution in [0.5, 0.6) is 0 Å². The van der Waals surface area contributed by atoms with Gasteiger partial charge in [0.05, 0.1) is 12.2 Å². The molecule has 0 amide bonds. The normalized spacial score (nSPS) is 17.0. The van der Waals surface area contributed by atoms with Crippen molar-refractivity contribution in [3.05, 3.63) is 17.0 Å². The summed E-state index contributed by atoms with van der Waals surface area (Å²) in [7, 11) is 2.01. The van der Waals surface area contributed by atoms with Crippen LogP contribution in [0.1, 0.15) is 63.4 Å². The summed E-state index contributed by atoms with van der Waals surface area (Å²) in [5, 5.41) is 11.5. The number of aryl methyl sites for hydroxylation is 2. The number of nitrogens with one attached hydrogen (secondary N) is 2. The lowest BCUT2D eigenvalue weighted by molar-refractivity contribution is 0.166. The van der Waals surface area contributed by atoms with E-state index in [1.54, 1.807) is 0 Å². The lowest BCUT2D eigenvalue weighted by atomic mass is 10.0. The first-order chi connectivity index (χ1) is 13.4. The number of nitrogens with zero attached hydrogens (tertiary/aromatic N) is 4. The molecule has 0 spiro atoms. The van der Waals surface area contributed by atoms with E-state index in [9.17, 15) is 0 Å². The molecule has 1 aliphatic heterocycles. The summed E-state index contributed by atoms with van der Waals surface area (Å²) < 4.78 is 1.97. The molecule has 6 nitrogen and oxygen atoms in total. The molecule has 1 unspecified atom stereocenters. The van der Waals surface area contributed by atoms with Gasteiger partial charge >= 0.3 is 0 Å². The van der Waals surface area contributed by atoms with Gasteiger partial charge in [0.15, 0.2) is 5.96 Å². The number of rotatable bonds is 8. The highest BCUT2D eigenvalue weighted by atomic mass is 127. The van der Waals surface area contributed by atoms with Gasteiger partial charge in [-0.2, -0.15) is 5.10 Å². The number of likely N-dealkylation sites (tertiary alicyclic amines) is 1. The standard InChI is InChI=1S/C22H42N6.HI/c1-7-23-22(24-13-12-20-18(4)26-27(6)19(20)5)25-16-21(17(2)3)28-14-10-8-9-11-15-28;/h17,21H,7-16H2,1-6H3,(H2,23,24,25);1H. The smallest absolute Gasteiger partial charge is 0.191 e. The Morgan fingerprint density at radius 2 is 1.76 bits per heavy atom. The van der Waals surface area contributed by atoms with E-state index in [0.29, 0.717) is 12.0 Å². The summed E-state index contributed by atoms with van der Waals surface area (Å²) in [6, 6.07) is 0.524. The van der Waals surface area contributed by atoms with E-state index in [4.69, 9.17) is 4.99 Å². The highest BCUT2D eigenvalue weighted by molar-refractivity contribution is 14.0. The lowest BCUT2D eigenvalue weighted by Crippen LogP contribution is -2.44. The van der Waals surface area contributed by atoms with E-state index < -0.39 is 0 Å². The number of aliphatic imine (C=N–C) groups is 1. The molecule has 7 heteroatoms. The van der Waals surface area contributed by atoms with Gasteiger partial charge in [0.25, 0.3) is 0 Å². The third kappa shape index (κ3) is 8.07. The van der Waals surface area contributed by atoms with E-state index in [-0.39, 0.29) is 24.0 Å². The summed E-state index contributed by atoms with van der Waals surface area (Å²) in [4.78, 5) is 7.63. The van der Waals surface area contributed by atoms with Crippen molar-refractivity contribution < 1.29 is 0 Å². The Labute approximate surface area is 195 Å². The second-order valence-corrected chi connectivity index (χ2v) is 8.43. The quantitative estimate of drug-likeness (QED) is 0.314. The zero-order valence-corrected chi connectivity index (χ0v) is 21.8. The first kappa shape index (κ1) is 26.2. The van der Waals surface area contributed by atoms with Crippen molar-refractivity contribution in [3.8, 4) is 0 Å². The van der Waals surface area contributed by atoms with Gasteiger partial charge in [0, 0.05) is 31.9 Å². The third-order valence-corrected chi connectivity index (χ3v) is 5.99. The van der Waals surface area contributed by atoms with E-state index >= 15 is 0 Å². The van der Waals surface area contributed by atoms with Crippen LogP contribution in [0.2, 0.25) is 0 Å². The van der Waals surface area contributed by atoms with Crippen LogP contribution in [0.25, 0.3) is 0 Å². The summed E-state index contributed by atoms with van der Waals surface area (Å²) in [6.07, 6.45) is 6.38. The molecule has 0 aromatic carbocycles. The zero-order chi connectivity index (χ0) is 20.5. The van der Waals surface area contributed by atoms with Crippen LogP contribution in [0.3, 0.4) is 0 Å². The van der Waals surface area contributed by atoms with Crippen molar-refractivity contribution in [2.45, 2.75) is 72.8 Å². The molecule has 168 valence electrons. The van der Waals surface area contributed by atoms with Crippen molar-refractivity contribution in [1.82, 2.24) is 25.3 Å². The number of guanidine groups is 1. The predicted molar refractivity (Wildman–Crippen MR) is 134 cm³/mol. The van der Waals surface area contributed by atoms with Gasteiger partial charge in [-0.1, -0.05) is 26.7 Å². The van der Waals surface area contributed by atoms with Crippen LogP contribution in [0.15, 0.2) is 4.99 Å². The average molecular weight is 519 g/mol. The fourth-order valence-corrected chi connectivity index (χ4v) is 4.19. The number of hydrogen-bond acceptors (Lipinski definition) is 3. The van der Waals surface area contributed by atoms with Gasteiger partial charge in [-0.05, 0) is 64.6 Å². The maximum absolute atomic E-state index is 4.95. The molecule has 1 aromatic rings. The van der Waals surface area contributed by atoms with Crippen LogP contribution < -0.4 is 10.6 Å². The summed E-state index contributed by atoms with van der Waals surface area (Å²) in [6.45, 7) is 16.1. The Bertz CT molecular complexity index is 617. The van der Waals surface area contributed by atoms with Gasteiger partial charge in [-0.15, -0.1) is 24.0 Å². The topological polar surface area (TPSA) is 57.5 Å². The van der Waals surface area contributed by atoms with Gasteiger partial charge in [0.1, 0.15) is 0 Å². The van der Waals surface area contributed by atoms with E-state index in [0.717, 1.165) is 37.7 Å². The molecule has 2 N–H and O–H groups in total. The Morgan fingerprint density at radius 1 is 1.10 bits per heavy atom. The maximum atomic E-state index is 4.95. The van der Waals surface area contributed by atoms with Gasteiger partial charge in [-0.25, -0.2) is 0 Å². The number of hydrogen-bond donors (Lipinski definition) is 2. The van der Waals surface area contributed by atoms with Crippen molar-refractivity contribution >= 4 is 29.9 Å². The monoisotopic (exact) mass is 518 g/mol. The van der Waals surface area contributed by atoms with Crippen LogP contribution in [0.4, 0.5) is 0 Å². The molecule has 1 atom stereocenters. The van der Waals surface area contributed by atoms with Crippen LogP contribution >= 0.6 is 24.0 Å². The molecule has 0 saturated carbocycles. The fraction of sp³-hybridized carbons (Fsp3) is 0.818.